The lowest BCUT2D eigenvalue weighted by Crippen LogP contribution is -2.37. The zero-order valence-corrected chi connectivity index (χ0v) is 12.8. The number of benzene rings is 1. The lowest BCUT2D eigenvalue weighted by Gasteiger charge is -2.31. The molecule has 1 N–H and O–H groups in total. The van der Waals surface area contributed by atoms with E-state index >= 15 is 0 Å². The van der Waals surface area contributed by atoms with Crippen LogP contribution in [-0.4, -0.2) is 40.0 Å². The van der Waals surface area contributed by atoms with E-state index in [1.165, 1.54) is 31.2 Å². The van der Waals surface area contributed by atoms with Gasteiger partial charge in [0.25, 0.3) is 0 Å². The number of methoxy groups -OCH3 is 1. The van der Waals surface area contributed by atoms with Gasteiger partial charge >= 0.3 is 0 Å². The third-order valence-electron chi connectivity index (χ3n) is 4.66. The highest BCUT2D eigenvalue weighted by Gasteiger charge is 2.36. The van der Waals surface area contributed by atoms with Crippen molar-refractivity contribution in [3.8, 4) is 11.5 Å². The lowest BCUT2D eigenvalue weighted by molar-refractivity contribution is 0.171. The maximum Gasteiger partial charge on any atom is 0.161 e. The van der Waals surface area contributed by atoms with Crippen molar-refractivity contribution in [1.82, 2.24) is 5.32 Å². The van der Waals surface area contributed by atoms with Crippen LogP contribution in [0.15, 0.2) is 18.2 Å². The van der Waals surface area contributed by atoms with E-state index in [4.69, 9.17) is 14.2 Å². The summed E-state index contributed by atoms with van der Waals surface area (Å²) in [5, 5.41) is 3.55. The van der Waals surface area contributed by atoms with Gasteiger partial charge in [-0.1, -0.05) is 18.9 Å². The molecule has 2 aliphatic rings. The summed E-state index contributed by atoms with van der Waals surface area (Å²) in [7, 11) is 1.74. The van der Waals surface area contributed by atoms with Crippen LogP contribution in [-0.2, 0) is 10.2 Å². The Balaban J connectivity index is 1.76. The second kappa shape index (κ2) is 6.67. The topological polar surface area (TPSA) is 39.7 Å². The molecule has 0 bridgehead atoms. The minimum atomic E-state index is 0.240. The highest BCUT2D eigenvalue weighted by atomic mass is 16.6. The Hall–Kier alpha value is -1.26. The fraction of sp³-hybridized carbons (Fsp3) is 0.647. The summed E-state index contributed by atoms with van der Waals surface area (Å²) in [6, 6.07) is 6.48. The highest BCUT2D eigenvalue weighted by Crippen LogP contribution is 2.43. The molecule has 0 unspecified atom stereocenters. The first kappa shape index (κ1) is 14.7. The van der Waals surface area contributed by atoms with Gasteiger partial charge in [0.15, 0.2) is 11.5 Å². The van der Waals surface area contributed by atoms with Gasteiger partial charge in [0.05, 0.1) is 6.61 Å². The van der Waals surface area contributed by atoms with Gasteiger partial charge in [-0.05, 0) is 30.5 Å². The van der Waals surface area contributed by atoms with Crippen molar-refractivity contribution in [3.05, 3.63) is 23.8 Å². The van der Waals surface area contributed by atoms with Crippen molar-refractivity contribution in [3.63, 3.8) is 0 Å². The number of nitrogens with one attached hydrogen (secondary N) is 1. The summed E-state index contributed by atoms with van der Waals surface area (Å²) >= 11 is 0. The molecule has 1 fully saturated rings. The van der Waals surface area contributed by atoms with Crippen LogP contribution in [0.1, 0.15) is 31.2 Å². The first-order valence-electron chi connectivity index (χ1n) is 7.94. The van der Waals surface area contributed by atoms with Gasteiger partial charge in [-0.2, -0.15) is 0 Å². The van der Waals surface area contributed by atoms with Gasteiger partial charge in [-0.3, -0.25) is 0 Å². The van der Waals surface area contributed by atoms with Crippen LogP contribution in [0.4, 0.5) is 0 Å². The van der Waals surface area contributed by atoms with Crippen LogP contribution in [0, 0.1) is 0 Å². The molecule has 1 aliphatic heterocycles. The maximum absolute atomic E-state index is 5.75. The van der Waals surface area contributed by atoms with Crippen LogP contribution in [0.3, 0.4) is 0 Å². The fourth-order valence-electron chi connectivity index (χ4n) is 3.49. The van der Waals surface area contributed by atoms with E-state index in [9.17, 15) is 0 Å². The van der Waals surface area contributed by atoms with E-state index in [0.717, 1.165) is 31.2 Å². The normalized spacial score (nSPS) is 19.7. The Morgan fingerprint density at radius 1 is 1.14 bits per heavy atom. The average Bonchev–Trinajstić information content (AvgIpc) is 3.01. The summed E-state index contributed by atoms with van der Waals surface area (Å²) in [5.41, 5.74) is 1.62. The number of hydrogen-bond donors (Lipinski definition) is 1. The third-order valence-corrected chi connectivity index (χ3v) is 4.66. The molecule has 4 nitrogen and oxygen atoms in total. The van der Waals surface area contributed by atoms with Gasteiger partial charge < -0.3 is 19.5 Å². The standard InChI is InChI=1S/C17H25NO3/c1-19-9-8-18-13-17(6-2-3-7-17)14-4-5-15-16(12-14)21-11-10-20-15/h4-5,12,18H,2-3,6-11,13H2,1H3. The summed E-state index contributed by atoms with van der Waals surface area (Å²) < 4.78 is 16.5. The third kappa shape index (κ3) is 3.16. The monoisotopic (exact) mass is 291 g/mol. The number of fused-ring (bicyclic) bond motifs is 1. The van der Waals surface area contributed by atoms with Gasteiger partial charge in [0, 0.05) is 25.6 Å². The number of ether oxygens (including phenoxy) is 3. The summed E-state index contributed by atoms with van der Waals surface area (Å²) in [6.45, 7) is 3.97. The molecule has 116 valence electrons. The molecular formula is C17H25NO3. The summed E-state index contributed by atoms with van der Waals surface area (Å²) in [6.07, 6.45) is 5.10. The molecule has 21 heavy (non-hydrogen) atoms. The molecular weight excluding hydrogens is 266 g/mol. The van der Waals surface area contributed by atoms with Crippen LogP contribution >= 0.6 is 0 Å². The van der Waals surface area contributed by atoms with E-state index in [-0.39, 0.29) is 5.41 Å². The predicted octanol–water partition coefficient (Wildman–Crippen LogP) is 2.51. The average molecular weight is 291 g/mol. The second-order valence-electron chi connectivity index (χ2n) is 6.02. The summed E-state index contributed by atoms with van der Waals surface area (Å²) in [4.78, 5) is 0. The van der Waals surface area contributed by atoms with E-state index in [2.05, 4.69) is 23.5 Å². The Bertz CT molecular complexity index is 469. The fourth-order valence-corrected chi connectivity index (χ4v) is 3.49. The van der Waals surface area contributed by atoms with Gasteiger partial charge in [-0.15, -0.1) is 0 Å². The van der Waals surface area contributed by atoms with Crippen LogP contribution < -0.4 is 14.8 Å². The minimum Gasteiger partial charge on any atom is -0.486 e. The lowest BCUT2D eigenvalue weighted by atomic mass is 9.78. The first-order valence-corrected chi connectivity index (χ1v) is 7.94. The molecule has 1 saturated carbocycles. The Morgan fingerprint density at radius 3 is 2.67 bits per heavy atom. The molecule has 1 aromatic carbocycles. The molecule has 0 spiro atoms. The zero-order valence-electron chi connectivity index (χ0n) is 12.8. The van der Waals surface area contributed by atoms with Crippen LogP contribution in [0.5, 0.6) is 11.5 Å². The van der Waals surface area contributed by atoms with E-state index in [0.29, 0.717) is 13.2 Å². The van der Waals surface area contributed by atoms with Crippen molar-refractivity contribution < 1.29 is 14.2 Å². The van der Waals surface area contributed by atoms with Crippen molar-refractivity contribution in [2.24, 2.45) is 0 Å². The zero-order chi connectivity index (χ0) is 14.5. The SMILES string of the molecule is COCCNCC1(c2ccc3c(c2)OCCO3)CCCC1. The maximum atomic E-state index is 5.75. The van der Waals surface area contributed by atoms with E-state index in [1.807, 2.05) is 0 Å². The number of hydrogen-bond acceptors (Lipinski definition) is 4. The smallest absolute Gasteiger partial charge is 0.161 e. The highest BCUT2D eigenvalue weighted by molar-refractivity contribution is 5.46. The van der Waals surface area contributed by atoms with E-state index < -0.39 is 0 Å². The molecule has 1 aromatic rings. The van der Waals surface area contributed by atoms with Gasteiger partial charge in [0.1, 0.15) is 13.2 Å². The first-order chi connectivity index (χ1) is 10.3. The molecule has 4 heteroatoms. The van der Waals surface area contributed by atoms with Crippen molar-refractivity contribution in [1.29, 1.82) is 0 Å². The van der Waals surface area contributed by atoms with Crippen molar-refractivity contribution >= 4 is 0 Å². The Morgan fingerprint density at radius 2 is 1.90 bits per heavy atom. The second-order valence-corrected chi connectivity index (χ2v) is 6.02. The Labute approximate surface area is 126 Å². The quantitative estimate of drug-likeness (QED) is 0.818. The Kier molecular flexibility index (Phi) is 4.66. The minimum absolute atomic E-state index is 0.240. The van der Waals surface area contributed by atoms with Crippen LogP contribution in [0.25, 0.3) is 0 Å². The van der Waals surface area contributed by atoms with Crippen molar-refractivity contribution in [2.75, 3.05) is 40.0 Å². The molecule has 1 heterocycles. The largest absolute Gasteiger partial charge is 0.486 e. The molecule has 0 amide bonds. The van der Waals surface area contributed by atoms with Crippen molar-refractivity contribution in [2.45, 2.75) is 31.1 Å². The molecule has 3 rings (SSSR count). The molecule has 0 saturated heterocycles. The predicted molar refractivity (Wildman–Crippen MR) is 82.3 cm³/mol. The van der Waals surface area contributed by atoms with Crippen LogP contribution in [0.2, 0.25) is 0 Å². The summed E-state index contributed by atoms with van der Waals surface area (Å²) in [5.74, 6) is 1.78. The molecule has 1 aliphatic carbocycles. The van der Waals surface area contributed by atoms with E-state index in [1.54, 1.807) is 7.11 Å². The molecule has 0 atom stereocenters. The number of rotatable bonds is 6. The molecule has 0 radical (unpaired) electrons. The van der Waals surface area contributed by atoms with Gasteiger partial charge in [0.2, 0.25) is 0 Å². The van der Waals surface area contributed by atoms with Gasteiger partial charge in [-0.25, -0.2) is 0 Å². The molecule has 0 aromatic heterocycles.